The Labute approximate surface area is 188 Å². The van der Waals surface area contributed by atoms with Crippen molar-refractivity contribution in [3.8, 4) is 17.1 Å². The Morgan fingerprint density at radius 2 is 1.97 bits per heavy atom. The first-order chi connectivity index (χ1) is 15.5. The highest BCUT2D eigenvalue weighted by Crippen LogP contribution is 2.28. The van der Waals surface area contributed by atoms with Crippen molar-refractivity contribution in [1.29, 1.82) is 0 Å². The van der Waals surface area contributed by atoms with Gasteiger partial charge in [-0.3, -0.25) is 9.69 Å². The summed E-state index contributed by atoms with van der Waals surface area (Å²) in [6, 6.07) is 13.2. The second-order valence-electron chi connectivity index (χ2n) is 8.43. The van der Waals surface area contributed by atoms with Gasteiger partial charge >= 0.3 is 0 Å². The van der Waals surface area contributed by atoms with E-state index in [4.69, 9.17) is 13.7 Å². The molecule has 1 atom stereocenters. The van der Waals surface area contributed by atoms with E-state index in [9.17, 15) is 4.79 Å². The molecule has 4 rings (SSSR count). The number of carbonyl (C=O) groups excluding carboxylic acids is 1. The standard InChI is InChI=1S/C25H31N3O4/c1-4-30-20-8-6-19(7-9-20)24-15-21(27-32-24)25(29)26-16-22(23-10-5-18(3)31-23)28-13-11-17(2)12-14-28/h5-10,15,17,22H,4,11-14,16H2,1-3H3,(H,26,29). The van der Waals surface area contributed by atoms with Crippen LogP contribution in [0.4, 0.5) is 0 Å². The molecule has 1 saturated heterocycles. The second-order valence-corrected chi connectivity index (χ2v) is 8.43. The summed E-state index contributed by atoms with van der Waals surface area (Å²) in [6.07, 6.45) is 2.30. The van der Waals surface area contributed by atoms with E-state index in [-0.39, 0.29) is 17.6 Å². The summed E-state index contributed by atoms with van der Waals surface area (Å²) in [4.78, 5) is 15.2. The van der Waals surface area contributed by atoms with Crippen LogP contribution in [0.1, 0.15) is 54.7 Å². The van der Waals surface area contributed by atoms with Crippen LogP contribution in [0.2, 0.25) is 0 Å². The highest BCUT2D eigenvalue weighted by Gasteiger charge is 2.27. The van der Waals surface area contributed by atoms with E-state index < -0.39 is 0 Å². The lowest BCUT2D eigenvalue weighted by atomic mass is 9.97. The van der Waals surface area contributed by atoms with Crippen molar-refractivity contribution in [3.63, 3.8) is 0 Å². The Morgan fingerprint density at radius 1 is 1.22 bits per heavy atom. The van der Waals surface area contributed by atoms with Gasteiger partial charge in [0.05, 0.1) is 12.6 Å². The molecular formula is C25H31N3O4. The largest absolute Gasteiger partial charge is 0.494 e. The van der Waals surface area contributed by atoms with Crippen molar-refractivity contribution >= 4 is 5.91 Å². The molecule has 1 aromatic carbocycles. The summed E-state index contributed by atoms with van der Waals surface area (Å²) in [5.41, 5.74) is 1.10. The first-order valence-corrected chi connectivity index (χ1v) is 11.3. The van der Waals surface area contributed by atoms with E-state index in [1.165, 1.54) is 0 Å². The van der Waals surface area contributed by atoms with Crippen molar-refractivity contribution in [1.82, 2.24) is 15.4 Å². The molecule has 0 spiro atoms. The maximum absolute atomic E-state index is 12.8. The van der Waals surface area contributed by atoms with Crippen LogP contribution < -0.4 is 10.1 Å². The van der Waals surface area contributed by atoms with E-state index >= 15 is 0 Å². The van der Waals surface area contributed by atoms with Gasteiger partial charge in [0.25, 0.3) is 5.91 Å². The van der Waals surface area contributed by atoms with Crippen molar-refractivity contribution in [2.75, 3.05) is 26.2 Å². The lowest BCUT2D eigenvalue weighted by Crippen LogP contribution is -2.41. The number of aryl methyl sites for hydroxylation is 1. The minimum atomic E-state index is -0.260. The SMILES string of the molecule is CCOc1ccc(-c2cc(C(=O)NCC(c3ccc(C)o3)N3CCC(C)CC3)no2)cc1. The van der Waals surface area contributed by atoms with Crippen LogP contribution >= 0.6 is 0 Å². The van der Waals surface area contributed by atoms with Crippen LogP contribution in [0.15, 0.2) is 51.4 Å². The molecule has 32 heavy (non-hydrogen) atoms. The number of ether oxygens (including phenoxy) is 1. The summed E-state index contributed by atoms with van der Waals surface area (Å²) in [7, 11) is 0. The Kier molecular flexibility index (Phi) is 6.95. The normalized spacial score (nSPS) is 16.1. The highest BCUT2D eigenvalue weighted by molar-refractivity contribution is 5.93. The number of hydrogen-bond donors (Lipinski definition) is 1. The van der Waals surface area contributed by atoms with E-state index in [2.05, 4.69) is 22.3 Å². The lowest BCUT2D eigenvalue weighted by molar-refractivity contribution is 0.0887. The van der Waals surface area contributed by atoms with Gasteiger partial charge in [-0.25, -0.2) is 0 Å². The number of carbonyl (C=O) groups is 1. The molecule has 1 N–H and O–H groups in total. The van der Waals surface area contributed by atoms with Crippen LogP contribution in [0.3, 0.4) is 0 Å². The molecule has 7 heteroatoms. The minimum absolute atomic E-state index is 0.00219. The van der Waals surface area contributed by atoms with E-state index in [0.29, 0.717) is 18.9 Å². The topological polar surface area (TPSA) is 80.7 Å². The van der Waals surface area contributed by atoms with Crippen LogP contribution in [-0.2, 0) is 0 Å². The fraction of sp³-hybridized carbons (Fsp3) is 0.440. The minimum Gasteiger partial charge on any atom is -0.494 e. The highest BCUT2D eigenvalue weighted by atomic mass is 16.5. The summed E-state index contributed by atoms with van der Waals surface area (Å²) >= 11 is 0. The average Bonchev–Trinajstić information content (AvgIpc) is 3.45. The molecule has 0 radical (unpaired) electrons. The molecule has 0 aliphatic carbocycles. The number of likely N-dealkylation sites (tertiary alicyclic amines) is 1. The maximum atomic E-state index is 12.8. The number of nitrogens with one attached hydrogen (secondary N) is 1. The van der Waals surface area contributed by atoms with Gasteiger partial charge in [0, 0.05) is 18.2 Å². The van der Waals surface area contributed by atoms with Crippen LogP contribution in [-0.4, -0.2) is 42.2 Å². The van der Waals surface area contributed by atoms with Gasteiger partial charge in [-0.05, 0) is 82.1 Å². The number of aromatic nitrogens is 1. The van der Waals surface area contributed by atoms with Gasteiger partial charge in [-0.15, -0.1) is 0 Å². The van der Waals surface area contributed by atoms with Crippen molar-refractivity contribution < 1.29 is 18.5 Å². The molecule has 3 aromatic rings. The third-order valence-electron chi connectivity index (χ3n) is 6.00. The van der Waals surface area contributed by atoms with Gasteiger partial charge in [-0.1, -0.05) is 12.1 Å². The first kappa shape index (κ1) is 22.1. The zero-order chi connectivity index (χ0) is 22.5. The van der Waals surface area contributed by atoms with Crippen LogP contribution in [0.25, 0.3) is 11.3 Å². The molecule has 7 nitrogen and oxygen atoms in total. The number of furan rings is 1. The fourth-order valence-corrected chi connectivity index (χ4v) is 4.06. The molecule has 1 unspecified atom stereocenters. The monoisotopic (exact) mass is 437 g/mol. The fourth-order valence-electron chi connectivity index (χ4n) is 4.06. The molecule has 170 valence electrons. The molecule has 1 aliphatic rings. The number of hydrogen-bond acceptors (Lipinski definition) is 6. The van der Waals surface area contributed by atoms with Gasteiger partial charge in [0.2, 0.25) is 0 Å². The Bertz CT molecular complexity index is 1020. The van der Waals surface area contributed by atoms with Gasteiger partial charge in [0.15, 0.2) is 11.5 Å². The molecule has 3 heterocycles. The van der Waals surface area contributed by atoms with Crippen LogP contribution in [0.5, 0.6) is 5.75 Å². The predicted molar refractivity (Wildman–Crippen MR) is 122 cm³/mol. The molecule has 1 amide bonds. The summed E-state index contributed by atoms with van der Waals surface area (Å²) < 4.78 is 16.8. The van der Waals surface area contributed by atoms with Crippen LogP contribution in [0, 0.1) is 12.8 Å². The van der Waals surface area contributed by atoms with E-state index in [0.717, 1.165) is 54.7 Å². The second kappa shape index (κ2) is 10.0. The Morgan fingerprint density at radius 3 is 2.62 bits per heavy atom. The first-order valence-electron chi connectivity index (χ1n) is 11.3. The Hall–Kier alpha value is -3.06. The smallest absolute Gasteiger partial charge is 0.273 e. The lowest BCUT2D eigenvalue weighted by Gasteiger charge is -2.35. The summed E-state index contributed by atoms with van der Waals surface area (Å²) in [5.74, 6) is 3.56. The number of benzene rings is 1. The van der Waals surface area contributed by atoms with E-state index in [1.54, 1.807) is 6.07 Å². The van der Waals surface area contributed by atoms with Gasteiger partial charge < -0.3 is 19.0 Å². The quantitative estimate of drug-likeness (QED) is 0.543. The molecule has 2 aromatic heterocycles. The van der Waals surface area contributed by atoms with Crippen molar-refractivity contribution in [2.24, 2.45) is 5.92 Å². The van der Waals surface area contributed by atoms with Gasteiger partial charge in [-0.2, -0.15) is 0 Å². The Balaban J connectivity index is 1.42. The number of rotatable bonds is 8. The zero-order valence-electron chi connectivity index (χ0n) is 19.0. The summed E-state index contributed by atoms with van der Waals surface area (Å²) in [5, 5.41) is 7.00. The molecule has 1 fully saturated rings. The predicted octanol–water partition coefficient (Wildman–Crippen LogP) is 4.84. The molecular weight excluding hydrogens is 406 g/mol. The summed E-state index contributed by atoms with van der Waals surface area (Å²) in [6.45, 7) is 9.22. The van der Waals surface area contributed by atoms with Gasteiger partial charge in [0.1, 0.15) is 17.3 Å². The molecule has 0 saturated carbocycles. The maximum Gasteiger partial charge on any atom is 0.273 e. The number of piperidine rings is 1. The third-order valence-corrected chi connectivity index (χ3v) is 6.00. The van der Waals surface area contributed by atoms with Crippen molar-refractivity contribution in [3.05, 3.63) is 59.7 Å². The zero-order valence-corrected chi connectivity index (χ0v) is 19.0. The number of nitrogens with zero attached hydrogens (tertiary/aromatic N) is 2. The third kappa shape index (κ3) is 5.22. The van der Waals surface area contributed by atoms with E-state index in [1.807, 2.05) is 50.2 Å². The molecule has 1 aliphatic heterocycles. The molecule has 0 bridgehead atoms. The average molecular weight is 438 g/mol. The number of amides is 1. The van der Waals surface area contributed by atoms with Crippen molar-refractivity contribution in [2.45, 2.75) is 39.7 Å².